The van der Waals surface area contributed by atoms with Crippen LogP contribution in [0.3, 0.4) is 0 Å². The van der Waals surface area contributed by atoms with E-state index in [1.54, 1.807) is 12.1 Å². The van der Waals surface area contributed by atoms with E-state index >= 15 is 0 Å². The highest BCUT2D eigenvalue weighted by molar-refractivity contribution is 7.14. The highest BCUT2D eigenvalue weighted by atomic mass is 32.1. The first kappa shape index (κ1) is 26.4. The fourth-order valence-corrected chi connectivity index (χ4v) is 4.46. The Morgan fingerprint density at radius 3 is 2.12 bits per heavy atom. The lowest BCUT2D eigenvalue weighted by Gasteiger charge is -2.05. The summed E-state index contributed by atoms with van der Waals surface area (Å²) < 4.78 is 19.8. The molecule has 1 atom stereocenters. The Bertz CT molecular complexity index is 763. The van der Waals surface area contributed by atoms with Gasteiger partial charge >= 0.3 is 5.97 Å². The zero-order valence-electron chi connectivity index (χ0n) is 19.8. The molecule has 0 aliphatic rings. The van der Waals surface area contributed by atoms with Gasteiger partial charge in [0.1, 0.15) is 10.8 Å². The first-order chi connectivity index (χ1) is 15.6. The monoisotopic (exact) mass is 462 g/mol. The van der Waals surface area contributed by atoms with E-state index in [1.165, 1.54) is 49.9 Å². The molecule has 4 nitrogen and oxygen atoms in total. The quantitative estimate of drug-likeness (QED) is 0.134. The van der Waals surface area contributed by atoms with E-state index in [0.717, 1.165) is 44.1 Å². The van der Waals surface area contributed by atoms with Gasteiger partial charge in [0.15, 0.2) is 11.2 Å². The summed E-state index contributed by atoms with van der Waals surface area (Å²) in [6.07, 6.45) is 13.7. The lowest BCUT2D eigenvalue weighted by Crippen LogP contribution is -2.07. The first-order valence-electron chi connectivity index (χ1n) is 12.4. The van der Waals surface area contributed by atoms with Crippen molar-refractivity contribution < 1.29 is 13.9 Å². The third-order valence-electron chi connectivity index (χ3n) is 5.59. The van der Waals surface area contributed by atoms with Crippen LogP contribution in [0.2, 0.25) is 0 Å². The molecule has 0 amide bonds. The van der Waals surface area contributed by atoms with Crippen LogP contribution in [-0.2, 0) is 4.79 Å². The molecule has 0 saturated carbocycles. The van der Waals surface area contributed by atoms with Crippen LogP contribution in [0, 0.1) is 0 Å². The molecule has 178 valence electrons. The van der Waals surface area contributed by atoms with Gasteiger partial charge in [-0.05, 0) is 37.1 Å². The number of halogens is 1. The van der Waals surface area contributed by atoms with Crippen LogP contribution in [-0.4, -0.2) is 16.2 Å². The van der Waals surface area contributed by atoms with Crippen LogP contribution < -0.4 is 4.74 Å². The molecule has 0 aliphatic carbocycles. The Kier molecular flexibility index (Phi) is 13.1. The second kappa shape index (κ2) is 15.9. The van der Waals surface area contributed by atoms with Gasteiger partial charge < -0.3 is 4.74 Å². The van der Waals surface area contributed by atoms with Gasteiger partial charge in [0, 0.05) is 12.0 Å². The minimum absolute atomic E-state index is 0.190. The number of aromatic nitrogens is 2. The van der Waals surface area contributed by atoms with E-state index < -0.39 is 6.17 Å². The number of carbonyl (C=O) groups excluding carboxylic acids is 1. The molecule has 2 rings (SSSR count). The van der Waals surface area contributed by atoms with Crippen LogP contribution in [0.25, 0.3) is 10.6 Å². The molecule has 2 aromatic rings. The van der Waals surface area contributed by atoms with Crippen molar-refractivity contribution in [2.24, 2.45) is 0 Å². The molecule has 0 aliphatic heterocycles. The number of alkyl halides is 1. The number of nitrogens with zero attached hydrogens (tertiary/aromatic N) is 2. The maximum absolute atomic E-state index is 14.4. The van der Waals surface area contributed by atoms with Crippen molar-refractivity contribution in [1.82, 2.24) is 10.2 Å². The zero-order valence-corrected chi connectivity index (χ0v) is 20.6. The maximum atomic E-state index is 14.4. The molecule has 0 bridgehead atoms. The van der Waals surface area contributed by atoms with E-state index in [1.807, 2.05) is 12.1 Å². The third-order valence-corrected chi connectivity index (χ3v) is 6.64. The number of hydrogen-bond acceptors (Lipinski definition) is 5. The summed E-state index contributed by atoms with van der Waals surface area (Å²) in [6.45, 7) is 4.37. The van der Waals surface area contributed by atoms with Crippen LogP contribution in [0.4, 0.5) is 4.39 Å². The van der Waals surface area contributed by atoms with Gasteiger partial charge in [-0.25, -0.2) is 4.39 Å². The molecule has 1 aromatic carbocycles. The Hall–Kier alpha value is -1.82. The number of ether oxygens (including phenoxy) is 1. The predicted octanol–water partition coefficient (Wildman–Crippen LogP) is 8.62. The van der Waals surface area contributed by atoms with E-state index in [9.17, 15) is 9.18 Å². The summed E-state index contributed by atoms with van der Waals surface area (Å²) >= 11 is 1.29. The van der Waals surface area contributed by atoms with Crippen molar-refractivity contribution in [3.05, 3.63) is 29.3 Å². The standard InChI is InChI=1S/C26H39FN2O2S/c1-3-5-7-9-10-11-12-14-16-24(30)31-22-19-17-21(18-20-22)25-28-29-26(32-25)23(27)15-13-8-6-4-2/h17-20,23H,3-16H2,1-2H3. The molecule has 0 fully saturated rings. The highest BCUT2D eigenvalue weighted by Crippen LogP contribution is 2.32. The summed E-state index contributed by atoms with van der Waals surface area (Å²) in [7, 11) is 0. The zero-order chi connectivity index (χ0) is 23.0. The minimum Gasteiger partial charge on any atom is -0.427 e. The van der Waals surface area contributed by atoms with E-state index in [2.05, 4.69) is 24.0 Å². The molecule has 1 heterocycles. The molecular weight excluding hydrogens is 423 g/mol. The number of esters is 1. The molecule has 6 heteroatoms. The van der Waals surface area contributed by atoms with Gasteiger partial charge in [-0.15, -0.1) is 10.2 Å². The number of unbranched alkanes of at least 4 members (excludes halogenated alkanes) is 10. The average Bonchev–Trinajstić information content (AvgIpc) is 3.29. The lowest BCUT2D eigenvalue weighted by molar-refractivity contribution is -0.134. The third kappa shape index (κ3) is 10.2. The molecule has 32 heavy (non-hydrogen) atoms. The van der Waals surface area contributed by atoms with E-state index in [0.29, 0.717) is 28.6 Å². The Morgan fingerprint density at radius 1 is 0.875 bits per heavy atom. The second-order valence-corrected chi connectivity index (χ2v) is 9.49. The number of benzene rings is 1. The molecule has 1 aromatic heterocycles. The fraction of sp³-hybridized carbons (Fsp3) is 0.654. The minimum atomic E-state index is -1.05. The summed E-state index contributed by atoms with van der Waals surface area (Å²) in [5.74, 6) is 0.340. The van der Waals surface area contributed by atoms with Crippen LogP contribution in [0.15, 0.2) is 24.3 Å². The van der Waals surface area contributed by atoms with E-state index in [4.69, 9.17) is 4.74 Å². The number of rotatable bonds is 17. The van der Waals surface area contributed by atoms with Crippen molar-refractivity contribution in [3.8, 4) is 16.3 Å². The number of carbonyl (C=O) groups is 1. The summed E-state index contributed by atoms with van der Waals surface area (Å²) in [4.78, 5) is 12.1. The molecule has 0 radical (unpaired) electrons. The normalized spacial score (nSPS) is 12.1. The van der Waals surface area contributed by atoms with Crippen LogP contribution >= 0.6 is 11.3 Å². The summed E-state index contributed by atoms with van der Waals surface area (Å²) in [5.41, 5.74) is 0.856. The smallest absolute Gasteiger partial charge is 0.311 e. The van der Waals surface area contributed by atoms with Crippen molar-refractivity contribution in [3.63, 3.8) is 0 Å². The topological polar surface area (TPSA) is 52.1 Å². The van der Waals surface area contributed by atoms with E-state index in [-0.39, 0.29) is 5.97 Å². The Labute approximate surface area is 197 Å². The molecule has 1 unspecified atom stereocenters. The molecular formula is C26H39FN2O2S. The van der Waals surface area contributed by atoms with Gasteiger partial charge in [0.2, 0.25) is 0 Å². The number of hydrogen-bond donors (Lipinski definition) is 0. The highest BCUT2D eigenvalue weighted by Gasteiger charge is 2.16. The maximum Gasteiger partial charge on any atom is 0.311 e. The average molecular weight is 463 g/mol. The summed E-state index contributed by atoms with van der Waals surface area (Å²) in [6, 6.07) is 7.22. The van der Waals surface area contributed by atoms with Crippen LogP contribution in [0.5, 0.6) is 5.75 Å². The van der Waals surface area contributed by atoms with Crippen molar-refractivity contribution in [2.45, 2.75) is 110 Å². The Morgan fingerprint density at radius 2 is 1.47 bits per heavy atom. The van der Waals surface area contributed by atoms with Gasteiger partial charge in [0.05, 0.1) is 0 Å². The molecule has 0 spiro atoms. The van der Waals surface area contributed by atoms with Crippen molar-refractivity contribution >= 4 is 17.3 Å². The fourth-order valence-electron chi connectivity index (χ4n) is 3.60. The SMILES string of the molecule is CCCCCCCCCCC(=O)Oc1ccc(-c2nnc(C(F)CCCCCC)s2)cc1. The molecule has 0 N–H and O–H groups in total. The van der Waals surface area contributed by atoms with Crippen molar-refractivity contribution in [1.29, 1.82) is 0 Å². The predicted molar refractivity (Wildman–Crippen MR) is 131 cm³/mol. The van der Waals surface area contributed by atoms with Gasteiger partial charge in [-0.1, -0.05) is 95.8 Å². The van der Waals surface area contributed by atoms with Crippen molar-refractivity contribution in [2.75, 3.05) is 0 Å². The largest absolute Gasteiger partial charge is 0.427 e. The Balaban J connectivity index is 1.70. The van der Waals surface area contributed by atoms with Gasteiger partial charge in [-0.2, -0.15) is 0 Å². The second-order valence-electron chi connectivity index (χ2n) is 8.49. The summed E-state index contributed by atoms with van der Waals surface area (Å²) in [5, 5.41) is 9.31. The van der Waals surface area contributed by atoms with Gasteiger partial charge in [-0.3, -0.25) is 4.79 Å². The van der Waals surface area contributed by atoms with Crippen LogP contribution in [0.1, 0.15) is 115 Å². The lowest BCUT2D eigenvalue weighted by atomic mass is 10.1. The van der Waals surface area contributed by atoms with Gasteiger partial charge in [0.25, 0.3) is 0 Å². The first-order valence-corrected chi connectivity index (χ1v) is 13.2. The molecule has 0 saturated heterocycles.